The van der Waals surface area contributed by atoms with E-state index >= 15 is 0 Å². The number of nitrogens with zero attached hydrogens (tertiary/aromatic N) is 4. The van der Waals surface area contributed by atoms with Gasteiger partial charge in [0, 0.05) is 32.7 Å². The lowest BCUT2D eigenvalue weighted by atomic mass is 10.0. The van der Waals surface area contributed by atoms with Crippen molar-refractivity contribution >= 4 is 15.9 Å². The second-order valence-electron chi connectivity index (χ2n) is 6.79. The predicted molar refractivity (Wildman–Crippen MR) is 98.1 cm³/mol. The Hall–Kier alpha value is -2.37. The van der Waals surface area contributed by atoms with Crippen LogP contribution in [0.25, 0.3) is 11.5 Å². The molecule has 0 unspecified atom stereocenters. The molecule has 138 valence electrons. The maximum absolute atomic E-state index is 12.8. The lowest BCUT2D eigenvalue weighted by molar-refractivity contribution is 0.288. The van der Waals surface area contributed by atoms with Crippen LogP contribution >= 0.6 is 0 Å². The van der Waals surface area contributed by atoms with Gasteiger partial charge < -0.3 is 9.32 Å². The standard InChI is InChI=1S/C18H22N4O3S/c1-13-8-10-22(11-9-13)26(23,24)15-6-4-14(5-7-15)17-20-16(12-19)18(25-17)21(2)3/h4-7,13H,8-11H2,1-3H3. The van der Waals surface area contributed by atoms with Crippen molar-refractivity contribution in [1.82, 2.24) is 9.29 Å². The van der Waals surface area contributed by atoms with Crippen LogP contribution < -0.4 is 4.90 Å². The molecule has 0 N–H and O–H groups in total. The van der Waals surface area contributed by atoms with E-state index in [0.29, 0.717) is 36.3 Å². The molecule has 0 aliphatic carbocycles. The van der Waals surface area contributed by atoms with Crippen LogP contribution in [0, 0.1) is 17.2 Å². The number of rotatable bonds is 4. The zero-order chi connectivity index (χ0) is 18.9. The van der Waals surface area contributed by atoms with Gasteiger partial charge in [0.05, 0.1) is 4.90 Å². The predicted octanol–water partition coefficient (Wildman–Crippen LogP) is 2.70. The average molecular weight is 374 g/mol. The van der Waals surface area contributed by atoms with Crippen LogP contribution in [-0.2, 0) is 10.0 Å². The van der Waals surface area contributed by atoms with Crippen LogP contribution in [0.3, 0.4) is 0 Å². The number of anilines is 1. The molecular weight excluding hydrogens is 352 g/mol. The number of benzene rings is 1. The van der Waals surface area contributed by atoms with Crippen molar-refractivity contribution in [2.75, 3.05) is 32.1 Å². The zero-order valence-electron chi connectivity index (χ0n) is 15.1. The molecule has 0 atom stereocenters. The summed E-state index contributed by atoms with van der Waals surface area (Å²) < 4.78 is 32.7. The fraction of sp³-hybridized carbons (Fsp3) is 0.444. The monoisotopic (exact) mass is 374 g/mol. The first-order valence-corrected chi connectivity index (χ1v) is 9.95. The van der Waals surface area contributed by atoms with Gasteiger partial charge in [0.15, 0.2) is 0 Å². The van der Waals surface area contributed by atoms with E-state index in [1.54, 1.807) is 47.6 Å². The van der Waals surface area contributed by atoms with E-state index in [1.807, 2.05) is 6.07 Å². The fourth-order valence-corrected chi connectivity index (χ4v) is 4.42. The van der Waals surface area contributed by atoms with Crippen LogP contribution in [0.5, 0.6) is 0 Å². The first-order valence-electron chi connectivity index (χ1n) is 8.51. The molecule has 1 aromatic carbocycles. The third-order valence-corrected chi connectivity index (χ3v) is 6.52. The van der Waals surface area contributed by atoms with E-state index in [1.165, 1.54) is 0 Å². The summed E-state index contributed by atoms with van der Waals surface area (Å²) in [5, 5.41) is 9.16. The van der Waals surface area contributed by atoms with E-state index in [2.05, 4.69) is 11.9 Å². The van der Waals surface area contributed by atoms with Crippen molar-refractivity contribution in [1.29, 1.82) is 5.26 Å². The van der Waals surface area contributed by atoms with Gasteiger partial charge in [-0.1, -0.05) is 6.92 Å². The number of nitriles is 1. The Bertz CT molecular complexity index is 918. The summed E-state index contributed by atoms with van der Waals surface area (Å²) in [7, 11) is 0.0446. The molecule has 1 saturated heterocycles. The van der Waals surface area contributed by atoms with Crippen molar-refractivity contribution in [3.05, 3.63) is 30.0 Å². The Labute approximate surface area is 153 Å². The van der Waals surface area contributed by atoms with E-state index in [9.17, 15) is 8.42 Å². The molecule has 7 nitrogen and oxygen atoms in total. The molecule has 1 aliphatic rings. The molecule has 0 bridgehead atoms. The lowest BCUT2D eigenvalue weighted by Crippen LogP contribution is -2.37. The Kier molecular flexibility index (Phi) is 5.03. The Morgan fingerprint density at radius 2 is 1.85 bits per heavy atom. The first kappa shape index (κ1) is 18.4. The lowest BCUT2D eigenvalue weighted by Gasteiger charge is -2.29. The molecule has 1 fully saturated rings. The van der Waals surface area contributed by atoms with E-state index in [4.69, 9.17) is 9.68 Å². The van der Waals surface area contributed by atoms with Crippen LogP contribution in [0.1, 0.15) is 25.5 Å². The molecular formula is C18H22N4O3S. The second kappa shape index (κ2) is 7.09. The number of aromatic nitrogens is 1. The van der Waals surface area contributed by atoms with Gasteiger partial charge >= 0.3 is 0 Å². The number of hydrogen-bond donors (Lipinski definition) is 0. The van der Waals surface area contributed by atoms with Gasteiger partial charge in [0.1, 0.15) is 6.07 Å². The molecule has 1 aliphatic heterocycles. The molecule has 26 heavy (non-hydrogen) atoms. The van der Waals surface area contributed by atoms with Gasteiger partial charge in [0.2, 0.25) is 27.5 Å². The quantitative estimate of drug-likeness (QED) is 0.817. The SMILES string of the molecule is CC1CCN(S(=O)(=O)c2ccc(-c3nc(C#N)c(N(C)C)o3)cc2)CC1. The third-order valence-electron chi connectivity index (χ3n) is 4.60. The molecule has 1 aromatic heterocycles. The topological polar surface area (TPSA) is 90.4 Å². The van der Waals surface area contributed by atoms with Crippen LogP contribution in [0.15, 0.2) is 33.6 Å². The third kappa shape index (κ3) is 3.45. The highest BCUT2D eigenvalue weighted by Crippen LogP contribution is 2.29. The van der Waals surface area contributed by atoms with Crippen molar-refractivity contribution in [3.63, 3.8) is 0 Å². The van der Waals surface area contributed by atoms with Crippen LogP contribution in [0.4, 0.5) is 5.88 Å². The van der Waals surface area contributed by atoms with Gasteiger partial charge in [-0.15, -0.1) is 0 Å². The highest BCUT2D eigenvalue weighted by molar-refractivity contribution is 7.89. The summed E-state index contributed by atoms with van der Waals surface area (Å²) in [6.07, 6.45) is 1.77. The summed E-state index contributed by atoms with van der Waals surface area (Å²) >= 11 is 0. The van der Waals surface area contributed by atoms with Crippen molar-refractivity contribution < 1.29 is 12.8 Å². The summed E-state index contributed by atoms with van der Waals surface area (Å²) in [6, 6.07) is 8.44. The van der Waals surface area contributed by atoms with E-state index in [0.717, 1.165) is 12.8 Å². The minimum Gasteiger partial charge on any atom is -0.419 e. The number of piperidine rings is 1. The number of oxazole rings is 1. The smallest absolute Gasteiger partial charge is 0.243 e. The average Bonchev–Trinajstić information content (AvgIpc) is 3.07. The fourth-order valence-electron chi connectivity index (χ4n) is 2.96. The Balaban J connectivity index is 1.86. The largest absolute Gasteiger partial charge is 0.419 e. The zero-order valence-corrected chi connectivity index (χ0v) is 16.0. The van der Waals surface area contributed by atoms with E-state index in [-0.39, 0.29) is 10.6 Å². The maximum atomic E-state index is 12.8. The van der Waals surface area contributed by atoms with Crippen molar-refractivity contribution in [3.8, 4) is 17.5 Å². The Morgan fingerprint density at radius 1 is 1.23 bits per heavy atom. The van der Waals surface area contributed by atoms with Gasteiger partial charge in [-0.2, -0.15) is 14.6 Å². The normalized spacial score (nSPS) is 16.4. The second-order valence-corrected chi connectivity index (χ2v) is 8.73. The van der Waals surface area contributed by atoms with E-state index < -0.39 is 10.0 Å². The van der Waals surface area contributed by atoms with Gasteiger partial charge in [-0.05, 0) is 43.0 Å². The summed E-state index contributed by atoms with van der Waals surface area (Å²) in [5.74, 6) is 1.23. The molecule has 0 amide bonds. The number of sulfonamides is 1. The number of hydrogen-bond acceptors (Lipinski definition) is 6. The molecule has 0 radical (unpaired) electrons. The molecule has 0 saturated carbocycles. The van der Waals surface area contributed by atoms with Crippen molar-refractivity contribution in [2.24, 2.45) is 5.92 Å². The summed E-state index contributed by atoms with van der Waals surface area (Å²) in [6.45, 7) is 3.26. The summed E-state index contributed by atoms with van der Waals surface area (Å²) in [5.41, 5.74) is 0.824. The molecule has 8 heteroatoms. The minimum atomic E-state index is -3.48. The highest BCUT2D eigenvalue weighted by Gasteiger charge is 2.28. The minimum absolute atomic E-state index is 0.198. The van der Waals surface area contributed by atoms with Gasteiger partial charge in [-0.3, -0.25) is 0 Å². The maximum Gasteiger partial charge on any atom is 0.243 e. The highest BCUT2D eigenvalue weighted by atomic mass is 32.2. The van der Waals surface area contributed by atoms with Crippen LogP contribution in [0.2, 0.25) is 0 Å². The molecule has 2 heterocycles. The van der Waals surface area contributed by atoms with Gasteiger partial charge in [0.25, 0.3) is 0 Å². The molecule has 2 aromatic rings. The van der Waals surface area contributed by atoms with Crippen LogP contribution in [-0.4, -0.2) is 44.9 Å². The molecule has 3 rings (SSSR count). The molecule has 0 spiro atoms. The van der Waals surface area contributed by atoms with Crippen molar-refractivity contribution in [2.45, 2.75) is 24.7 Å². The summed E-state index contributed by atoms with van der Waals surface area (Å²) in [4.78, 5) is 6.11. The Morgan fingerprint density at radius 3 is 2.35 bits per heavy atom. The first-order chi connectivity index (χ1) is 12.3. The van der Waals surface area contributed by atoms with Gasteiger partial charge in [-0.25, -0.2) is 8.42 Å².